The van der Waals surface area contributed by atoms with Crippen LogP contribution in [-0.4, -0.2) is 35.4 Å². The summed E-state index contributed by atoms with van der Waals surface area (Å²) >= 11 is 6.87. The highest BCUT2D eigenvalue weighted by molar-refractivity contribution is 7.71. The SMILES string of the molecule is CCn1c(CNC(=O)c2cc(-c3ccc(C)s3)nc3c2cnn3C(C)C)n[nH]c1=S. The fourth-order valence-electron chi connectivity index (χ4n) is 3.35. The van der Waals surface area contributed by atoms with Crippen LogP contribution >= 0.6 is 23.6 Å². The minimum atomic E-state index is -0.197. The summed E-state index contributed by atoms with van der Waals surface area (Å²) in [6.07, 6.45) is 1.71. The molecule has 4 heterocycles. The molecule has 10 heteroatoms. The number of aromatic amines is 1. The Morgan fingerprint density at radius 1 is 1.37 bits per heavy atom. The van der Waals surface area contributed by atoms with Gasteiger partial charge in [-0.05, 0) is 58.1 Å². The Bertz CT molecular complexity index is 1280. The molecule has 30 heavy (non-hydrogen) atoms. The number of thiophene rings is 1. The van der Waals surface area contributed by atoms with Crippen LogP contribution in [0.4, 0.5) is 0 Å². The fourth-order valence-corrected chi connectivity index (χ4v) is 4.46. The van der Waals surface area contributed by atoms with Crippen molar-refractivity contribution >= 4 is 40.5 Å². The number of hydrogen-bond acceptors (Lipinski definition) is 6. The van der Waals surface area contributed by atoms with Crippen LogP contribution < -0.4 is 5.32 Å². The van der Waals surface area contributed by atoms with E-state index in [9.17, 15) is 4.79 Å². The molecule has 0 saturated carbocycles. The van der Waals surface area contributed by atoms with E-state index >= 15 is 0 Å². The average molecular weight is 442 g/mol. The maximum absolute atomic E-state index is 13.2. The first-order valence-electron chi connectivity index (χ1n) is 9.76. The Balaban J connectivity index is 1.74. The van der Waals surface area contributed by atoms with Gasteiger partial charge in [0.05, 0.1) is 34.3 Å². The molecule has 8 nitrogen and oxygen atoms in total. The number of carbonyl (C=O) groups is 1. The van der Waals surface area contributed by atoms with Gasteiger partial charge in [-0.15, -0.1) is 11.3 Å². The Morgan fingerprint density at radius 2 is 2.17 bits per heavy atom. The number of rotatable bonds is 6. The number of hydrogen-bond donors (Lipinski definition) is 2. The van der Waals surface area contributed by atoms with Crippen molar-refractivity contribution in [2.45, 2.75) is 46.8 Å². The van der Waals surface area contributed by atoms with Crippen LogP contribution in [0.3, 0.4) is 0 Å². The van der Waals surface area contributed by atoms with Gasteiger partial charge in [0.2, 0.25) is 0 Å². The second-order valence-electron chi connectivity index (χ2n) is 7.26. The van der Waals surface area contributed by atoms with E-state index in [0.29, 0.717) is 28.4 Å². The molecule has 0 aliphatic heterocycles. The predicted octanol–water partition coefficient (Wildman–Crippen LogP) is 4.25. The summed E-state index contributed by atoms with van der Waals surface area (Å²) in [5.74, 6) is 0.491. The lowest BCUT2D eigenvalue weighted by Gasteiger charge is -2.10. The van der Waals surface area contributed by atoms with Crippen molar-refractivity contribution in [2.24, 2.45) is 0 Å². The van der Waals surface area contributed by atoms with Crippen LogP contribution in [0.25, 0.3) is 21.6 Å². The number of pyridine rings is 1. The topological polar surface area (TPSA) is 93.4 Å². The summed E-state index contributed by atoms with van der Waals surface area (Å²) in [6.45, 7) is 9.09. The second kappa shape index (κ2) is 8.11. The molecule has 0 atom stereocenters. The van der Waals surface area contributed by atoms with Gasteiger partial charge in [-0.3, -0.25) is 9.89 Å². The number of nitrogens with one attached hydrogen (secondary N) is 2. The van der Waals surface area contributed by atoms with Gasteiger partial charge in [-0.1, -0.05) is 0 Å². The lowest BCUT2D eigenvalue weighted by molar-refractivity contribution is 0.0951. The molecule has 4 rings (SSSR count). The highest BCUT2D eigenvalue weighted by atomic mass is 32.1. The molecule has 1 amide bonds. The molecule has 0 aliphatic carbocycles. The summed E-state index contributed by atoms with van der Waals surface area (Å²) in [5.41, 5.74) is 2.02. The lowest BCUT2D eigenvalue weighted by Crippen LogP contribution is -2.25. The van der Waals surface area contributed by atoms with Gasteiger partial charge in [-0.2, -0.15) is 10.2 Å². The Kier molecular flexibility index (Phi) is 5.52. The molecule has 156 valence electrons. The molecule has 2 N–H and O–H groups in total. The Hall–Kier alpha value is -2.85. The van der Waals surface area contributed by atoms with Gasteiger partial charge in [-0.25, -0.2) is 9.67 Å². The number of nitrogens with zero attached hydrogens (tertiary/aromatic N) is 5. The van der Waals surface area contributed by atoms with E-state index < -0.39 is 0 Å². The van der Waals surface area contributed by atoms with Crippen molar-refractivity contribution in [1.82, 2.24) is 34.8 Å². The van der Waals surface area contributed by atoms with E-state index in [1.807, 2.05) is 42.2 Å². The van der Waals surface area contributed by atoms with E-state index in [1.165, 1.54) is 4.88 Å². The van der Waals surface area contributed by atoms with Gasteiger partial charge < -0.3 is 9.88 Å². The van der Waals surface area contributed by atoms with Gasteiger partial charge in [0.1, 0.15) is 0 Å². The van der Waals surface area contributed by atoms with Crippen molar-refractivity contribution < 1.29 is 4.79 Å². The van der Waals surface area contributed by atoms with E-state index in [0.717, 1.165) is 16.0 Å². The standard InChI is InChI=1S/C20H23N7OS2/c1-5-26-17(24-25-20(26)29)10-21-19(28)13-8-15(16-7-6-12(4)30-16)23-18-14(13)9-22-27(18)11(2)3/h6-9,11H,5,10H2,1-4H3,(H,21,28)(H,25,29). The van der Waals surface area contributed by atoms with Gasteiger partial charge in [0.15, 0.2) is 16.2 Å². The van der Waals surface area contributed by atoms with E-state index in [4.69, 9.17) is 17.2 Å². The molecular formula is C20H23N7OS2. The first-order chi connectivity index (χ1) is 14.4. The zero-order chi connectivity index (χ0) is 21.4. The smallest absolute Gasteiger partial charge is 0.252 e. The number of aryl methyl sites for hydroxylation is 1. The molecule has 0 spiro atoms. The van der Waals surface area contributed by atoms with Crippen molar-refractivity contribution in [2.75, 3.05) is 0 Å². The van der Waals surface area contributed by atoms with Crippen molar-refractivity contribution in [1.29, 1.82) is 0 Å². The van der Waals surface area contributed by atoms with Crippen molar-refractivity contribution in [3.8, 4) is 10.6 Å². The second-order valence-corrected chi connectivity index (χ2v) is 8.93. The predicted molar refractivity (Wildman–Crippen MR) is 120 cm³/mol. The molecule has 0 unspecified atom stereocenters. The highest BCUT2D eigenvalue weighted by Gasteiger charge is 2.19. The van der Waals surface area contributed by atoms with Crippen LogP contribution in [0.15, 0.2) is 24.4 Å². The minimum absolute atomic E-state index is 0.129. The quantitative estimate of drug-likeness (QED) is 0.436. The fraction of sp³-hybridized carbons (Fsp3) is 0.350. The molecule has 0 bridgehead atoms. The number of fused-ring (bicyclic) bond motifs is 1. The summed E-state index contributed by atoms with van der Waals surface area (Å²) in [6, 6.07) is 6.06. The Morgan fingerprint density at radius 3 is 2.83 bits per heavy atom. The lowest BCUT2D eigenvalue weighted by atomic mass is 10.1. The largest absolute Gasteiger partial charge is 0.345 e. The number of carbonyl (C=O) groups excluding carboxylic acids is 1. The number of aromatic nitrogens is 6. The number of H-pyrrole nitrogens is 1. The molecule has 4 aromatic heterocycles. The molecule has 0 aromatic carbocycles. The number of amides is 1. The zero-order valence-corrected chi connectivity index (χ0v) is 18.9. The summed E-state index contributed by atoms with van der Waals surface area (Å²) in [5, 5.41) is 15.2. The van der Waals surface area contributed by atoms with Crippen molar-refractivity contribution in [3.63, 3.8) is 0 Å². The monoisotopic (exact) mass is 441 g/mol. The third kappa shape index (κ3) is 3.68. The molecule has 0 radical (unpaired) electrons. The summed E-state index contributed by atoms with van der Waals surface area (Å²) < 4.78 is 4.24. The van der Waals surface area contributed by atoms with Gasteiger partial charge in [0.25, 0.3) is 5.91 Å². The molecular weight excluding hydrogens is 418 g/mol. The molecule has 0 aliphatic rings. The zero-order valence-electron chi connectivity index (χ0n) is 17.3. The minimum Gasteiger partial charge on any atom is -0.345 e. The average Bonchev–Trinajstić information content (AvgIpc) is 3.43. The first kappa shape index (κ1) is 20.4. The molecule has 0 saturated heterocycles. The molecule has 0 fully saturated rings. The van der Waals surface area contributed by atoms with E-state index in [2.05, 4.69) is 33.6 Å². The third-order valence-electron chi connectivity index (χ3n) is 4.85. The van der Waals surface area contributed by atoms with E-state index in [-0.39, 0.29) is 18.5 Å². The van der Waals surface area contributed by atoms with Crippen LogP contribution in [0.1, 0.15) is 47.9 Å². The maximum Gasteiger partial charge on any atom is 0.252 e. The van der Waals surface area contributed by atoms with Crippen LogP contribution in [-0.2, 0) is 13.1 Å². The van der Waals surface area contributed by atoms with Crippen molar-refractivity contribution in [3.05, 3.63) is 45.4 Å². The van der Waals surface area contributed by atoms with E-state index in [1.54, 1.807) is 17.5 Å². The Labute approximate surface area is 183 Å². The highest BCUT2D eigenvalue weighted by Crippen LogP contribution is 2.30. The van der Waals surface area contributed by atoms with Crippen LogP contribution in [0, 0.1) is 11.7 Å². The maximum atomic E-state index is 13.2. The third-order valence-corrected chi connectivity index (χ3v) is 6.19. The van der Waals surface area contributed by atoms with Gasteiger partial charge >= 0.3 is 0 Å². The van der Waals surface area contributed by atoms with Crippen LogP contribution in [0.5, 0.6) is 0 Å². The summed E-state index contributed by atoms with van der Waals surface area (Å²) in [7, 11) is 0. The molecule has 4 aromatic rings. The normalized spacial score (nSPS) is 11.5. The van der Waals surface area contributed by atoms with Crippen LogP contribution in [0.2, 0.25) is 0 Å². The summed E-state index contributed by atoms with van der Waals surface area (Å²) in [4.78, 5) is 20.2. The van der Waals surface area contributed by atoms with Gasteiger partial charge in [0, 0.05) is 17.5 Å². The first-order valence-corrected chi connectivity index (χ1v) is 11.0.